The molecule has 0 spiro atoms. The van der Waals surface area contributed by atoms with Crippen LogP contribution in [0.4, 0.5) is 0 Å². The molecule has 8 nitrogen and oxygen atoms in total. The molecule has 0 fully saturated rings. The molecule has 0 atom stereocenters. The van der Waals surface area contributed by atoms with Crippen LogP contribution in [0, 0.1) is 0 Å². The fourth-order valence-electron chi connectivity index (χ4n) is 1.83. The third-order valence-corrected chi connectivity index (χ3v) is 2.75. The van der Waals surface area contributed by atoms with Crippen LogP contribution in [0.2, 0.25) is 0 Å². The van der Waals surface area contributed by atoms with Crippen LogP contribution in [0.5, 0.6) is 0 Å². The molecule has 0 aliphatic carbocycles. The summed E-state index contributed by atoms with van der Waals surface area (Å²) in [6.07, 6.45) is 3.30. The average molecular weight is 279 g/mol. The SMILES string of the molecule is CC(C)OCCn1nnc(C(=O)O)c1-c1cncn1C. The van der Waals surface area contributed by atoms with Crippen LogP contribution >= 0.6 is 0 Å². The molecule has 0 aliphatic rings. The van der Waals surface area contributed by atoms with Gasteiger partial charge in [0.05, 0.1) is 37.5 Å². The van der Waals surface area contributed by atoms with Gasteiger partial charge in [0.1, 0.15) is 5.69 Å². The molecule has 0 bridgehead atoms. The van der Waals surface area contributed by atoms with Gasteiger partial charge in [-0.15, -0.1) is 5.10 Å². The normalized spacial score (nSPS) is 11.2. The Bertz CT molecular complexity index is 602. The molecule has 0 amide bonds. The van der Waals surface area contributed by atoms with E-state index in [1.165, 1.54) is 4.68 Å². The van der Waals surface area contributed by atoms with Crippen LogP contribution < -0.4 is 0 Å². The lowest BCUT2D eigenvalue weighted by molar-refractivity contribution is 0.0687. The van der Waals surface area contributed by atoms with E-state index in [1.54, 1.807) is 24.1 Å². The summed E-state index contributed by atoms with van der Waals surface area (Å²) in [5.41, 5.74) is 1.000. The standard InChI is InChI=1S/C12H17N5O3/c1-8(2)20-5-4-17-11(9-6-13-7-16(9)3)10(12(18)19)14-15-17/h6-8H,4-5H2,1-3H3,(H,18,19). The fourth-order valence-corrected chi connectivity index (χ4v) is 1.83. The van der Waals surface area contributed by atoms with Gasteiger partial charge in [0, 0.05) is 7.05 Å². The highest BCUT2D eigenvalue weighted by molar-refractivity contribution is 5.92. The van der Waals surface area contributed by atoms with Crippen molar-refractivity contribution in [3.8, 4) is 11.4 Å². The molecule has 1 N–H and O–H groups in total. The molecule has 2 aromatic rings. The first-order valence-corrected chi connectivity index (χ1v) is 6.25. The van der Waals surface area contributed by atoms with E-state index in [2.05, 4.69) is 15.3 Å². The lowest BCUT2D eigenvalue weighted by atomic mass is 10.2. The van der Waals surface area contributed by atoms with Crippen molar-refractivity contribution in [2.24, 2.45) is 7.05 Å². The summed E-state index contributed by atoms with van der Waals surface area (Å²) in [4.78, 5) is 15.2. The predicted molar refractivity (Wildman–Crippen MR) is 70.3 cm³/mol. The summed E-state index contributed by atoms with van der Waals surface area (Å²) in [5.74, 6) is -1.11. The highest BCUT2D eigenvalue weighted by Gasteiger charge is 2.22. The summed E-state index contributed by atoms with van der Waals surface area (Å²) in [7, 11) is 1.79. The van der Waals surface area contributed by atoms with Gasteiger partial charge >= 0.3 is 5.97 Å². The second-order valence-electron chi connectivity index (χ2n) is 4.62. The van der Waals surface area contributed by atoms with Crippen molar-refractivity contribution in [2.75, 3.05) is 6.61 Å². The van der Waals surface area contributed by atoms with Crippen LogP contribution in [0.25, 0.3) is 11.4 Å². The van der Waals surface area contributed by atoms with Crippen molar-refractivity contribution >= 4 is 5.97 Å². The summed E-state index contributed by atoms with van der Waals surface area (Å²) in [6, 6.07) is 0. The van der Waals surface area contributed by atoms with Gasteiger partial charge in [-0.3, -0.25) is 0 Å². The second kappa shape index (κ2) is 5.83. The van der Waals surface area contributed by atoms with Crippen LogP contribution in [-0.4, -0.2) is 48.3 Å². The zero-order valence-corrected chi connectivity index (χ0v) is 11.6. The lowest BCUT2D eigenvalue weighted by Gasteiger charge is -2.10. The maximum Gasteiger partial charge on any atom is 0.358 e. The summed E-state index contributed by atoms with van der Waals surface area (Å²) in [5, 5.41) is 16.8. The van der Waals surface area contributed by atoms with Gasteiger partial charge in [-0.1, -0.05) is 5.21 Å². The molecular weight excluding hydrogens is 262 g/mol. The van der Waals surface area contributed by atoms with Gasteiger partial charge in [0.2, 0.25) is 0 Å². The van der Waals surface area contributed by atoms with Gasteiger partial charge in [0.25, 0.3) is 0 Å². The summed E-state index contributed by atoms with van der Waals surface area (Å²) < 4.78 is 8.72. The van der Waals surface area contributed by atoms with Gasteiger partial charge in [-0.25, -0.2) is 14.5 Å². The van der Waals surface area contributed by atoms with Crippen molar-refractivity contribution in [3.05, 3.63) is 18.2 Å². The number of carboxylic acids is 1. The van der Waals surface area contributed by atoms with Gasteiger partial charge in [0.15, 0.2) is 5.69 Å². The second-order valence-corrected chi connectivity index (χ2v) is 4.62. The van der Waals surface area contributed by atoms with Crippen LogP contribution in [0.1, 0.15) is 24.3 Å². The zero-order chi connectivity index (χ0) is 14.7. The number of nitrogens with zero attached hydrogens (tertiary/aromatic N) is 5. The number of hydrogen-bond donors (Lipinski definition) is 1. The van der Waals surface area contributed by atoms with Crippen LogP contribution in [0.15, 0.2) is 12.5 Å². The monoisotopic (exact) mass is 279 g/mol. The number of aromatic carboxylic acids is 1. The molecule has 2 heterocycles. The number of aromatic nitrogens is 5. The number of ether oxygens (including phenoxy) is 1. The molecule has 8 heteroatoms. The highest BCUT2D eigenvalue weighted by atomic mass is 16.5. The van der Waals surface area contributed by atoms with E-state index in [9.17, 15) is 9.90 Å². The maximum atomic E-state index is 11.2. The van der Waals surface area contributed by atoms with E-state index in [0.717, 1.165) is 0 Å². The van der Waals surface area contributed by atoms with E-state index in [0.29, 0.717) is 24.5 Å². The molecular formula is C12H17N5O3. The van der Waals surface area contributed by atoms with Crippen LogP contribution in [0.3, 0.4) is 0 Å². The minimum atomic E-state index is -1.11. The highest BCUT2D eigenvalue weighted by Crippen LogP contribution is 2.21. The minimum absolute atomic E-state index is 0.0850. The van der Waals surface area contributed by atoms with Crippen molar-refractivity contribution in [2.45, 2.75) is 26.5 Å². The quantitative estimate of drug-likeness (QED) is 0.840. The Morgan fingerprint density at radius 3 is 2.80 bits per heavy atom. The van der Waals surface area contributed by atoms with E-state index in [-0.39, 0.29) is 11.8 Å². The summed E-state index contributed by atoms with van der Waals surface area (Å²) >= 11 is 0. The molecule has 0 radical (unpaired) electrons. The van der Waals surface area contributed by atoms with Crippen molar-refractivity contribution in [3.63, 3.8) is 0 Å². The Kier molecular flexibility index (Phi) is 4.14. The summed E-state index contributed by atoms with van der Waals surface area (Å²) in [6.45, 7) is 4.74. The number of carbonyl (C=O) groups is 1. The third-order valence-electron chi connectivity index (χ3n) is 2.75. The number of aryl methyl sites for hydroxylation is 1. The first-order chi connectivity index (χ1) is 9.50. The first kappa shape index (κ1) is 14.2. The smallest absolute Gasteiger partial charge is 0.358 e. The van der Waals surface area contributed by atoms with Gasteiger partial charge in [-0.2, -0.15) is 0 Å². The zero-order valence-electron chi connectivity index (χ0n) is 11.6. The van der Waals surface area contributed by atoms with Crippen molar-refractivity contribution in [1.29, 1.82) is 0 Å². The molecule has 0 saturated carbocycles. The third kappa shape index (κ3) is 2.85. The molecule has 108 valence electrons. The number of imidazole rings is 1. The minimum Gasteiger partial charge on any atom is -0.476 e. The Morgan fingerprint density at radius 1 is 1.50 bits per heavy atom. The molecule has 20 heavy (non-hydrogen) atoms. The van der Waals surface area contributed by atoms with Crippen molar-refractivity contribution in [1.82, 2.24) is 24.5 Å². The number of hydrogen-bond acceptors (Lipinski definition) is 5. The lowest BCUT2D eigenvalue weighted by Crippen LogP contribution is -2.13. The number of carboxylic acid groups (broad SMARTS) is 1. The van der Waals surface area contributed by atoms with Crippen LogP contribution in [-0.2, 0) is 18.3 Å². The molecule has 2 aromatic heterocycles. The predicted octanol–water partition coefficient (Wildman–Crippen LogP) is 0.802. The average Bonchev–Trinajstić information content (AvgIpc) is 2.94. The Hall–Kier alpha value is -2.22. The maximum absolute atomic E-state index is 11.2. The van der Waals surface area contributed by atoms with Gasteiger partial charge in [-0.05, 0) is 13.8 Å². The Balaban J connectivity index is 2.33. The molecule has 0 aromatic carbocycles. The molecule has 2 rings (SSSR count). The molecule has 0 aliphatic heterocycles. The molecule has 0 unspecified atom stereocenters. The van der Waals surface area contributed by atoms with Crippen molar-refractivity contribution < 1.29 is 14.6 Å². The largest absolute Gasteiger partial charge is 0.476 e. The first-order valence-electron chi connectivity index (χ1n) is 6.25. The topological polar surface area (TPSA) is 95.1 Å². The van der Waals surface area contributed by atoms with E-state index >= 15 is 0 Å². The molecule has 0 saturated heterocycles. The van der Waals surface area contributed by atoms with E-state index < -0.39 is 5.97 Å². The van der Waals surface area contributed by atoms with E-state index in [1.807, 2.05) is 13.8 Å². The Labute approximate surface area is 116 Å². The van der Waals surface area contributed by atoms with Gasteiger partial charge < -0.3 is 14.4 Å². The number of rotatable bonds is 6. The fraction of sp³-hybridized carbons (Fsp3) is 0.500. The Morgan fingerprint density at radius 2 is 2.25 bits per heavy atom. The van der Waals surface area contributed by atoms with E-state index in [4.69, 9.17) is 4.74 Å².